The number of carbonyl (C=O) groups is 1. The molecule has 17 heavy (non-hydrogen) atoms. The van der Waals surface area contributed by atoms with Crippen LogP contribution >= 0.6 is 12.6 Å². The zero-order valence-electron chi connectivity index (χ0n) is 9.07. The molecule has 1 aromatic rings. The molecule has 0 saturated carbocycles. The van der Waals surface area contributed by atoms with E-state index in [-0.39, 0.29) is 11.6 Å². The van der Waals surface area contributed by atoms with E-state index in [0.29, 0.717) is 31.0 Å². The summed E-state index contributed by atoms with van der Waals surface area (Å²) in [5.41, 5.74) is -0.295. The van der Waals surface area contributed by atoms with E-state index in [9.17, 15) is 13.6 Å². The lowest BCUT2D eigenvalue weighted by atomic mass is 10.3. The Morgan fingerprint density at radius 1 is 1.53 bits per heavy atom. The second-order valence-corrected chi connectivity index (χ2v) is 3.72. The van der Waals surface area contributed by atoms with Crippen molar-refractivity contribution in [2.24, 2.45) is 0 Å². The third-order valence-electron chi connectivity index (χ3n) is 1.96. The number of rotatable bonds is 6. The van der Waals surface area contributed by atoms with Crippen LogP contribution in [-0.4, -0.2) is 28.2 Å². The summed E-state index contributed by atoms with van der Waals surface area (Å²) in [7, 11) is 0. The Hall–Kier alpha value is -1.24. The first-order valence-corrected chi connectivity index (χ1v) is 5.74. The highest BCUT2D eigenvalue weighted by atomic mass is 32.1. The number of hydrogen-bond acceptors (Lipinski definition) is 4. The maximum Gasteiger partial charge on any atom is 0.280 e. The molecule has 1 rings (SSSR count). The minimum atomic E-state index is -2.60. The molecule has 0 aliphatic rings. The van der Waals surface area contributed by atoms with E-state index < -0.39 is 6.43 Å². The molecule has 0 fully saturated rings. The number of halogens is 2. The van der Waals surface area contributed by atoms with Gasteiger partial charge in [-0.2, -0.15) is 12.6 Å². The van der Waals surface area contributed by atoms with Crippen LogP contribution in [0.25, 0.3) is 0 Å². The SMILES string of the molecule is O=C(CCS)NCCc1nccc(C(F)F)n1. The molecule has 0 saturated heterocycles. The molecule has 1 aromatic heterocycles. The molecule has 0 aliphatic carbocycles. The molecular weight excluding hydrogens is 248 g/mol. The predicted octanol–water partition coefficient (Wildman–Crippen LogP) is 1.39. The number of alkyl halides is 2. The topological polar surface area (TPSA) is 54.9 Å². The number of nitrogens with zero attached hydrogens (tertiary/aromatic N) is 2. The van der Waals surface area contributed by atoms with Crippen molar-refractivity contribution >= 4 is 18.5 Å². The van der Waals surface area contributed by atoms with Crippen molar-refractivity contribution in [2.45, 2.75) is 19.3 Å². The van der Waals surface area contributed by atoms with Gasteiger partial charge in [0, 0.05) is 25.6 Å². The molecule has 0 spiro atoms. The standard InChI is InChI=1S/C10H13F2N3OS/c11-10(12)7-1-4-13-8(15-7)2-5-14-9(16)3-6-17/h1,4,10,17H,2-3,5-6H2,(H,14,16). The number of hydrogen-bond donors (Lipinski definition) is 2. The van der Waals surface area contributed by atoms with Gasteiger partial charge >= 0.3 is 0 Å². The minimum Gasteiger partial charge on any atom is -0.356 e. The van der Waals surface area contributed by atoms with Gasteiger partial charge in [0.05, 0.1) is 0 Å². The highest BCUT2D eigenvalue weighted by Crippen LogP contribution is 2.14. The van der Waals surface area contributed by atoms with E-state index in [2.05, 4.69) is 27.9 Å². The Bertz CT molecular complexity index is 376. The van der Waals surface area contributed by atoms with Gasteiger partial charge in [-0.1, -0.05) is 0 Å². The first-order chi connectivity index (χ1) is 8.13. The van der Waals surface area contributed by atoms with Crippen LogP contribution in [0.5, 0.6) is 0 Å². The van der Waals surface area contributed by atoms with E-state index in [1.54, 1.807) is 0 Å². The van der Waals surface area contributed by atoms with Gasteiger partial charge in [0.25, 0.3) is 6.43 Å². The largest absolute Gasteiger partial charge is 0.356 e. The fourth-order valence-electron chi connectivity index (χ4n) is 1.16. The molecule has 0 aliphatic heterocycles. The normalized spacial score (nSPS) is 10.6. The summed E-state index contributed by atoms with van der Waals surface area (Å²) in [6.45, 7) is 0.333. The summed E-state index contributed by atoms with van der Waals surface area (Å²) < 4.78 is 24.7. The van der Waals surface area contributed by atoms with Gasteiger partial charge in [-0.05, 0) is 11.8 Å². The van der Waals surface area contributed by atoms with Crippen LogP contribution < -0.4 is 5.32 Å². The van der Waals surface area contributed by atoms with Crippen LogP contribution in [0, 0.1) is 0 Å². The number of nitrogens with one attached hydrogen (secondary N) is 1. The molecule has 1 amide bonds. The quantitative estimate of drug-likeness (QED) is 0.761. The predicted molar refractivity (Wildman–Crippen MR) is 62.2 cm³/mol. The molecule has 0 aromatic carbocycles. The Labute approximate surface area is 103 Å². The zero-order chi connectivity index (χ0) is 12.7. The molecule has 0 bridgehead atoms. The Kier molecular flexibility index (Phi) is 5.82. The Balaban J connectivity index is 2.41. The van der Waals surface area contributed by atoms with Crippen LogP contribution in [0.3, 0.4) is 0 Å². The van der Waals surface area contributed by atoms with Gasteiger partial charge in [0.15, 0.2) is 0 Å². The van der Waals surface area contributed by atoms with Crippen molar-refractivity contribution in [2.75, 3.05) is 12.3 Å². The third-order valence-corrected chi connectivity index (χ3v) is 2.18. The maximum atomic E-state index is 12.3. The van der Waals surface area contributed by atoms with Crippen LogP contribution in [0.1, 0.15) is 24.4 Å². The average molecular weight is 261 g/mol. The summed E-state index contributed by atoms with van der Waals surface area (Å²) in [5, 5.41) is 2.63. The van der Waals surface area contributed by atoms with E-state index in [1.165, 1.54) is 12.3 Å². The minimum absolute atomic E-state index is 0.120. The fraction of sp³-hybridized carbons (Fsp3) is 0.500. The highest BCUT2D eigenvalue weighted by Gasteiger charge is 2.09. The van der Waals surface area contributed by atoms with Crippen molar-refractivity contribution in [1.29, 1.82) is 0 Å². The highest BCUT2D eigenvalue weighted by molar-refractivity contribution is 7.80. The molecule has 0 unspecified atom stereocenters. The second kappa shape index (κ2) is 7.16. The zero-order valence-corrected chi connectivity index (χ0v) is 9.96. The van der Waals surface area contributed by atoms with Crippen molar-refractivity contribution < 1.29 is 13.6 Å². The van der Waals surface area contributed by atoms with Gasteiger partial charge < -0.3 is 5.32 Å². The average Bonchev–Trinajstić information content (AvgIpc) is 2.30. The summed E-state index contributed by atoms with van der Waals surface area (Å²) in [5.74, 6) is 0.655. The number of thiol groups is 1. The monoisotopic (exact) mass is 261 g/mol. The summed E-state index contributed by atoms with van der Waals surface area (Å²) in [4.78, 5) is 18.6. The molecule has 94 valence electrons. The molecule has 1 N–H and O–H groups in total. The van der Waals surface area contributed by atoms with E-state index in [4.69, 9.17) is 0 Å². The Morgan fingerprint density at radius 3 is 2.94 bits per heavy atom. The number of aromatic nitrogens is 2. The molecule has 4 nitrogen and oxygen atoms in total. The second-order valence-electron chi connectivity index (χ2n) is 3.27. The molecule has 0 radical (unpaired) electrons. The molecule has 1 heterocycles. The van der Waals surface area contributed by atoms with Crippen molar-refractivity contribution in [3.05, 3.63) is 23.8 Å². The molecule has 7 heteroatoms. The number of carbonyl (C=O) groups excluding carboxylic acids is 1. The summed E-state index contributed by atoms with van der Waals surface area (Å²) in [6.07, 6.45) is -0.644. The van der Waals surface area contributed by atoms with Gasteiger partial charge in [0.2, 0.25) is 5.91 Å². The number of amides is 1. The smallest absolute Gasteiger partial charge is 0.280 e. The molecular formula is C10H13F2N3OS. The summed E-state index contributed by atoms with van der Waals surface area (Å²) in [6, 6.07) is 1.17. The lowest BCUT2D eigenvalue weighted by Gasteiger charge is -2.04. The summed E-state index contributed by atoms with van der Waals surface area (Å²) >= 11 is 3.92. The third kappa shape index (κ3) is 5.08. The van der Waals surface area contributed by atoms with Crippen LogP contribution in [0.2, 0.25) is 0 Å². The lowest BCUT2D eigenvalue weighted by Crippen LogP contribution is -2.26. The van der Waals surface area contributed by atoms with Crippen molar-refractivity contribution in [1.82, 2.24) is 15.3 Å². The van der Waals surface area contributed by atoms with Crippen LogP contribution in [0.15, 0.2) is 12.3 Å². The van der Waals surface area contributed by atoms with Crippen molar-refractivity contribution in [3.8, 4) is 0 Å². The Morgan fingerprint density at radius 2 is 2.29 bits per heavy atom. The molecule has 0 atom stereocenters. The van der Waals surface area contributed by atoms with Crippen molar-refractivity contribution in [3.63, 3.8) is 0 Å². The van der Waals surface area contributed by atoms with Gasteiger partial charge in [-0.3, -0.25) is 4.79 Å². The van der Waals surface area contributed by atoms with E-state index in [0.717, 1.165) is 0 Å². The fourth-order valence-corrected chi connectivity index (χ4v) is 1.36. The van der Waals surface area contributed by atoms with E-state index >= 15 is 0 Å². The van der Waals surface area contributed by atoms with Gasteiger partial charge in [-0.25, -0.2) is 18.7 Å². The maximum absolute atomic E-state index is 12.3. The van der Waals surface area contributed by atoms with Gasteiger partial charge in [0.1, 0.15) is 11.5 Å². The first-order valence-electron chi connectivity index (χ1n) is 5.11. The van der Waals surface area contributed by atoms with Crippen LogP contribution in [0.4, 0.5) is 8.78 Å². The van der Waals surface area contributed by atoms with Gasteiger partial charge in [-0.15, -0.1) is 0 Å². The van der Waals surface area contributed by atoms with Crippen LogP contribution in [-0.2, 0) is 11.2 Å². The lowest BCUT2D eigenvalue weighted by molar-refractivity contribution is -0.120. The van der Waals surface area contributed by atoms with E-state index in [1.807, 2.05) is 0 Å². The first kappa shape index (κ1) is 13.8.